The van der Waals surface area contributed by atoms with Crippen molar-refractivity contribution < 1.29 is 14.3 Å². The van der Waals surface area contributed by atoms with Gasteiger partial charge in [-0.15, -0.1) is 0 Å². The molecule has 2 aromatic rings. The Morgan fingerprint density at radius 1 is 1.19 bits per heavy atom. The molecule has 0 saturated carbocycles. The second kappa shape index (κ2) is 9.35. The third-order valence-electron chi connectivity index (χ3n) is 3.53. The number of hydrogen-bond donors (Lipinski definition) is 2. The maximum atomic E-state index is 12.2. The van der Waals surface area contributed by atoms with Gasteiger partial charge < -0.3 is 20.1 Å². The molecular weight excluding hydrogens is 354 g/mol. The van der Waals surface area contributed by atoms with Crippen LogP contribution in [0.2, 0.25) is 5.02 Å². The van der Waals surface area contributed by atoms with Gasteiger partial charge in [0.05, 0.1) is 14.2 Å². The number of benzene rings is 2. The summed E-state index contributed by atoms with van der Waals surface area (Å²) in [4.78, 5) is 12.2. The summed E-state index contributed by atoms with van der Waals surface area (Å²) in [5, 5.41) is 15.3. The largest absolute Gasteiger partial charge is 0.493 e. The number of amides is 1. The second-order valence-electron chi connectivity index (χ2n) is 5.16. The van der Waals surface area contributed by atoms with Crippen LogP contribution in [-0.4, -0.2) is 20.1 Å². The first-order chi connectivity index (χ1) is 12.6. The van der Waals surface area contributed by atoms with E-state index in [9.17, 15) is 10.1 Å². The standard InChI is InChI=1S/C19H18ClN3O3/c1-25-17-8-7-15(9-18(17)26-2)22-12-14(10-21)19(24)23-11-13-5-3-4-6-16(13)20/h3-9,12,22H,11H2,1-2H3,(H,23,24)/b14-12-. The van der Waals surface area contributed by atoms with E-state index in [0.717, 1.165) is 5.56 Å². The minimum absolute atomic E-state index is 0.0631. The smallest absolute Gasteiger partial charge is 0.263 e. The van der Waals surface area contributed by atoms with Crippen LogP contribution in [0.5, 0.6) is 11.5 Å². The summed E-state index contributed by atoms with van der Waals surface area (Å²) in [6.45, 7) is 0.230. The number of hydrogen-bond acceptors (Lipinski definition) is 5. The summed E-state index contributed by atoms with van der Waals surface area (Å²) in [5.74, 6) is 0.619. The van der Waals surface area contributed by atoms with Crippen molar-refractivity contribution >= 4 is 23.2 Å². The van der Waals surface area contributed by atoms with Crippen molar-refractivity contribution in [2.24, 2.45) is 0 Å². The highest BCUT2D eigenvalue weighted by molar-refractivity contribution is 6.31. The molecule has 0 aromatic heterocycles. The minimum atomic E-state index is -0.500. The van der Waals surface area contributed by atoms with E-state index < -0.39 is 5.91 Å². The fourth-order valence-electron chi connectivity index (χ4n) is 2.14. The number of nitrogens with zero attached hydrogens (tertiary/aromatic N) is 1. The number of anilines is 1. The Kier molecular flexibility index (Phi) is 6.89. The van der Waals surface area contributed by atoms with Gasteiger partial charge in [-0.2, -0.15) is 5.26 Å². The molecule has 2 aromatic carbocycles. The molecule has 0 aliphatic carbocycles. The molecular formula is C19H18ClN3O3. The van der Waals surface area contributed by atoms with Crippen LogP contribution in [0.1, 0.15) is 5.56 Å². The van der Waals surface area contributed by atoms with E-state index in [2.05, 4.69) is 10.6 Å². The van der Waals surface area contributed by atoms with E-state index in [1.54, 1.807) is 43.5 Å². The monoisotopic (exact) mass is 371 g/mol. The Balaban J connectivity index is 2.04. The predicted octanol–water partition coefficient (Wildman–Crippen LogP) is 3.49. The molecule has 0 saturated heterocycles. The van der Waals surface area contributed by atoms with Crippen LogP contribution in [0.25, 0.3) is 0 Å². The van der Waals surface area contributed by atoms with E-state index in [1.165, 1.54) is 13.3 Å². The molecule has 6 nitrogen and oxygen atoms in total. The first-order valence-electron chi connectivity index (χ1n) is 7.69. The number of nitrogens with one attached hydrogen (secondary N) is 2. The molecule has 0 aliphatic rings. The number of carbonyl (C=O) groups is 1. The van der Waals surface area contributed by atoms with Gasteiger partial charge in [0.25, 0.3) is 5.91 Å². The van der Waals surface area contributed by atoms with Gasteiger partial charge in [-0.1, -0.05) is 29.8 Å². The lowest BCUT2D eigenvalue weighted by Crippen LogP contribution is -2.24. The van der Waals surface area contributed by atoms with Crippen molar-refractivity contribution in [3.8, 4) is 17.6 Å². The molecule has 0 radical (unpaired) electrons. The van der Waals surface area contributed by atoms with E-state index >= 15 is 0 Å². The molecule has 0 unspecified atom stereocenters. The summed E-state index contributed by atoms with van der Waals surface area (Å²) in [5.41, 5.74) is 1.36. The zero-order chi connectivity index (χ0) is 18.9. The lowest BCUT2D eigenvalue weighted by atomic mass is 10.2. The predicted molar refractivity (Wildman–Crippen MR) is 100 cm³/mol. The van der Waals surface area contributed by atoms with Crippen molar-refractivity contribution in [1.82, 2.24) is 5.32 Å². The molecule has 7 heteroatoms. The molecule has 1 amide bonds. The topological polar surface area (TPSA) is 83.4 Å². The SMILES string of the molecule is COc1ccc(N/C=C(/C#N)C(=O)NCc2ccccc2Cl)cc1OC. The van der Waals surface area contributed by atoms with E-state index in [-0.39, 0.29) is 12.1 Å². The number of methoxy groups -OCH3 is 2. The van der Waals surface area contributed by atoms with Crippen molar-refractivity contribution in [1.29, 1.82) is 5.26 Å². The van der Waals surface area contributed by atoms with E-state index in [4.69, 9.17) is 21.1 Å². The molecule has 0 heterocycles. The van der Waals surface area contributed by atoms with Gasteiger partial charge in [-0.25, -0.2) is 0 Å². The molecule has 2 N–H and O–H groups in total. The van der Waals surface area contributed by atoms with Crippen molar-refractivity contribution in [2.45, 2.75) is 6.54 Å². The lowest BCUT2D eigenvalue weighted by Gasteiger charge is -2.10. The van der Waals surface area contributed by atoms with Crippen molar-refractivity contribution in [2.75, 3.05) is 19.5 Å². The quantitative estimate of drug-likeness (QED) is 0.575. The molecule has 134 valence electrons. The fraction of sp³-hybridized carbons (Fsp3) is 0.158. The Bertz CT molecular complexity index is 859. The zero-order valence-corrected chi connectivity index (χ0v) is 15.1. The fourth-order valence-corrected chi connectivity index (χ4v) is 2.35. The van der Waals surface area contributed by atoms with Gasteiger partial charge in [0.15, 0.2) is 11.5 Å². The van der Waals surface area contributed by atoms with Gasteiger partial charge in [-0.3, -0.25) is 4.79 Å². The maximum Gasteiger partial charge on any atom is 0.263 e. The first-order valence-corrected chi connectivity index (χ1v) is 8.07. The van der Waals surface area contributed by atoms with Gasteiger partial charge in [0, 0.05) is 29.5 Å². The normalized spacial score (nSPS) is 10.6. The maximum absolute atomic E-state index is 12.2. The average molecular weight is 372 g/mol. The summed E-state index contributed by atoms with van der Waals surface area (Å²) in [6, 6.07) is 14.2. The van der Waals surface area contributed by atoms with E-state index in [1.807, 2.05) is 12.1 Å². The van der Waals surface area contributed by atoms with Gasteiger partial charge >= 0.3 is 0 Å². The van der Waals surface area contributed by atoms with Crippen LogP contribution in [-0.2, 0) is 11.3 Å². The summed E-state index contributed by atoms with van der Waals surface area (Å²) >= 11 is 6.05. The first kappa shape index (κ1) is 19.2. The number of nitriles is 1. The molecule has 0 fully saturated rings. The molecule has 0 aliphatic heterocycles. The molecule has 0 bridgehead atoms. The molecule has 0 atom stereocenters. The summed E-state index contributed by atoms with van der Waals surface area (Å²) in [7, 11) is 3.07. The number of carbonyl (C=O) groups excluding carboxylic acids is 1. The lowest BCUT2D eigenvalue weighted by molar-refractivity contribution is -0.117. The Labute approximate surface area is 157 Å². The summed E-state index contributed by atoms with van der Waals surface area (Å²) in [6.07, 6.45) is 1.34. The van der Waals surface area contributed by atoms with Crippen molar-refractivity contribution in [3.05, 3.63) is 64.8 Å². The van der Waals surface area contributed by atoms with Crippen LogP contribution >= 0.6 is 11.6 Å². The second-order valence-corrected chi connectivity index (χ2v) is 5.57. The Morgan fingerprint density at radius 2 is 1.92 bits per heavy atom. The average Bonchev–Trinajstić information content (AvgIpc) is 2.67. The highest BCUT2D eigenvalue weighted by atomic mass is 35.5. The Morgan fingerprint density at radius 3 is 2.58 bits per heavy atom. The van der Waals surface area contributed by atoms with Crippen LogP contribution in [0.3, 0.4) is 0 Å². The highest BCUT2D eigenvalue weighted by Crippen LogP contribution is 2.29. The van der Waals surface area contributed by atoms with Crippen LogP contribution in [0, 0.1) is 11.3 Å². The number of halogens is 1. The number of rotatable bonds is 7. The molecule has 0 spiro atoms. The van der Waals surface area contributed by atoms with Gasteiger partial charge in [-0.05, 0) is 23.8 Å². The summed E-state index contributed by atoms with van der Waals surface area (Å²) < 4.78 is 10.4. The van der Waals surface area contributed by atoms with E-state index in [0.29, 0.717) is 22.2 Å². The Hall–Kier alpha value is -3.17. The number of ether oxygens (including phenoxy) is 2. The molecule has 26 heavy (non-hydrogen) atoms. The third-order valence-corrected chi connectivity index (χ3v) is 3.90. The van der Waals surface area contributed by atoms with Crippen LogP contribution < -0.4 is 20.1 Å². The van der Waals surface area contributed by atoms with Gasteiger partial charge in [0.2, 0.25) is 0 Å². The minimum Gasteiger partial charge on any atom is -0.493 e. The van der Waals surface area contributed by atoms with Gasteiger partial charge in [0.1, 0.15) is 11.6 Å². The molecule has 2 rings (SSSR count). The zero-order valence-electron chi connectivity index (χ0n) is 14.4. The van der Waals surface area contributed by atoms with Crippen LogP contribution in [0.4, 0.5) is 5.69 Å². The third kappa shape index (κ3) is 4.91. The highest BCUT2D eigenvalue weighted by Gasteiger charge is 2.10. The van der Waals surface area contributed by atoms with Crippen molar-refractivity contribution in [3.63, 3.8) is 0 Å². The van der Waals surface area contributed by atoms with Crippen LogP contribution in [0.15, 0.2) is 54.2 Å².